The van der Waals surface area contributed by atoms with E-state index in [1.165, 1.54) is 0 Å². The number of anilines is 1. The summed E-state index contributed by atoms with van der Waals surface area (Å²) < 4.78 is 5.34. The Hall–Kier alpha value is -1.66. The molecule has 2 heterocycles. The number of nitrogens with one attached hydrogen (secondary N) is 1. The van der Waals surface area contributed by atoms with E-state index in [1.807, 2.05) is 12.1 Å². The van der Waals surface area contributed by atoms with Gasteiger partial charge in [0.25, 0.3) is 5.91 Å². The average molecular weight is 279 g/mol. The van der Waals surface area contributed by atoms with Gasteiger partial charge < -0.3 is 20.1 Å². The smallest absolute Gasteiger partial charge is 0.272 e. The summed E-state index contributed by atoms with van der Waals surface area (Å²) in [5.74, 6) is 0.594. The number of aromatic nitrogens is 1. The maximum absolute atomic E-state index is 12.4. The van der Waals surface area contributed by atoms with Gasteiger partial charge in [-0.05, 0) is 18.6 Å². The molecule has 1 saturated heterocycles. The van der Waals surface area contributed by atoms with Gasteiger partial charge in [-0.1, -0.05) is 13.0 Å². The molecular weight excluding hydrogens is 258 g/mol. The summed E-state index contributed by atoms with van der Waals surface area (Å²) in [6.45, 7) is 4.22. The number of nitrogens with zero attached hydrogens (tertiary/aromatic N) is 2. The molecule has 2 rings (SSSR count). The highest BCUT2D eigenvalue weighted by atomic mass is 16.5. The summed E-state index contributed by atoms with van der Waals surface area (Å²) in [5, 5.41) is 12.3. The number of hydrogen-bond donors (Lipinski definition) is 2. The van der Waals surface area contributed by atoms with Gasteiger partial charge in [0.2, 0.25) is 0 Å². The molecule has 1 aliphatic rings. The molecule has 6 heteroatoms. The van der Waals surface area contributed by atoms with Crippen LogP contribution in [0.3, 0.4) is 0 Å². The second kappa shape index (κ2) is 7.21. The lowest BCUT2D eigenvalue weighted by Gasteiger charge is -2.31. The van der Waals surface area contributed by atoms with Crippen LogP contribution in [-0.2, 0) is 4.74 Å². The number of pyridine rings is 1. The molecule has 0 aromatic carbocycles. The third-order valence-corrected chi connectivity index (χ3v) is 3.15. The van der Waals surface area contributed by atoms with Gasteiger partial charge in [0.05, 0.1) is 19.3 Å². The van der Waals surface area contributed by atoms with E-state index in [4.69, 9.17) is 9.84 Å². The Labute approximate surface area is 118 Å². The normalized spacial score (nSPS) is 18.9. The third kappa shape index (κ3) is 3.68. The summed E-state index contributed by atoms with van der Waals surface area (Å²) >= 11 is 0. The maximum Gasteiger partial charge on any atom is 0.272 e. The molecule has 6 nitrogen and oxygen atoms in total. The molecular formula is C14H21N3O3. The SMILES string of the molecule is CCCNc1cccc(C(=O)N2CCOC(CO)C2)n1. The topological polar surface area (TPSA) is 74.7 Å². The Kier molecular flexibility index (Phi) is 5.31. The van der Waals surface area contributed by atoms with Crippen molar-refractivity contribution < 1.29 is 14.6 Å². The van der Waals surface area contributed by atoms with Gasteiger partial charge in [0.1, 0.15) is 11.5 Å². The number of amides is 1. The fourth-order valence-corrected chi connectivity index (χ4v) is 2.08. The van der Waals surface area contributed by atoms with E-state index in [-0.39, 0.29) is 18.6 Å². The first-order chi connectivity index (χ1) is 9.74. The van der Waals surface area contributed by atoms with Gasteiger partial charge in [-0.15, -0.1) is 0 Å². The number of aliphatic hydroxyl groups excluding tert-OH is 1. The Balaban J connectivity index is 2.04. The zero-order valence-corrected chi connectivity index (χ0v) is 11.7. The molecule has 1 amide bonds. The van der Waals surface area contributed by atoms with Crippen molar-refractivity contribution in [3.05, 3.63) is 23.9 Å². The van der Waals surface area contributed by atoms with Crippen LogP contribution in [0.5, 0.6) is 0 Å². The predicted molar refractivity (Wildman–Crippen MR) is 75.7 cm³/mol. The lowest BCUT2D eigenvalue weighted by atomic mass is 10.2. The summed E-state index contributed by atoms with van der Waals surface area (Å²) in [4.78, 5) is 18.4. The monoisotopic (exact) mass is 279 g/mol. The number of rotatable bonds is 5. The lowest BCUT2D eigenvalue weighted by molar-refractivity contribution is -0.0448. The zero-order valence-electron chi connectivity index (χ0n) is 11.7. The minimum atomic E-state index is -0.297. The van der Waals surface area contributed by atoms with Crippen molar-refractivity contribution >= 4 is 11.7 Å². The van der Waals surface area contributed by atoms with Crippen LogP contribution in [0, 0.1) is 0 Å². The first kappa shape index (κ1) is 14.7. The first-order valence-electron chi connectivity index (χ1n) is 6.97. The lowest BCUT2D eigenvalue weighted by Crippen LogP contribution is -2.47. The third-order valence-electron chi connectivity index (χ3n) is 3.15. The van der Waals surface area contributed by atoms with Crippen molar-refractivity contribution in [1.82, 2.24) is 9.88 Å². The number of carbonyl (C=O) groups is 1. The first-order valence-corrected chi connectivity index (χ1v) is 6.97. The van der Waals surface area contributed by atoms with Gasteiger partial charge >= 0.3 is 0 Å². The van der Waals surface area contributed by atoms with Crippen LogP contribution in [0.25, 0.3) is 0 Å². The highest BCUT2D eigenvalue weighted by Gasteiger charge is 2.25. The minimum absolute atomic E-state index is 0.0741. The molecule has 110 valence electrons. The van der Waals surface area contributed by atoms with E-state index in [1.54, 1.807) is 11.0 Å². The number of aliphatic hydroxyl groups is 1. The van der Waals surface area contributed by atoms with Crippen LogP contribution in [0.15, 0.2) is 18.2 Å². The summed E-state index contributed by atoms with van der Waals surface area (Å²) in [5.41, 5.74) is 0.421. The van der Waals surface area contributed by atoms with E-state index in [2.05, 4.69) is 17.2 Å². The molecule has 1 aliphatic heterocycles. The minimum Gasteiger partial charge on any atom is -0.394 e. The molecule has 1 fully saturated rings. The molecule has 1 aromatic rings. The molecule has 0 saturated carbocycles. The highest BCUT2D eigenvalue weighted by molar-refractivity contribution is 5.92. The second-order valence-electron chi connectivity index (χ2n) is 4.76. The summed E-state index contributed by atoms with van der Waals surface area (Å²) in [6.07, 6.45) is 0.704. The predicted octanol–water partition coefficient (Wildman–Crippen LogP) is 0.737. The van der Waals surface area contributed by atoms with Crippen LogP contribution < -0.4 is 5.32 Å². The van der Waals surface area contributed by atoms with Crippen LogP contribution in [0.4, 0.5) is 5.82 Å². The molecule has 1 aromatic heterocycles. The van der Waals surface area contributed by atoms with Gasteiger partial charge in [-0.2, -0.15) is 0 Å². The molecule has 0 bridgehead atoms. The number of morpholine rings is 1. The Morgan fingerprint density at radius 3 is 3.20 bits per heavy atom. The number of carbonyl (C=O) groups excluding carboxylic acids is 1. The summed E-state index contributed by atoms with van der Waals surface area (Å²) in [6, 6.07) is 5.38. The molecule has 0 radical (unpaired) electrons. The Morgan fingerprint density at radius 2 is 2.45 bits per heavy atom. The second-order valence-corrected chi connectivity index (χ2v) is 4.76. The zero-order chi connectivity index (χ0) is 14.4. The van der Waals surface area contributed by atoms with Crippen LogP contribution in [-0.4, -0.2) is 59.8 Å². The maximum atomic E-state index is 12.4. The largest absolute Gasteiger partial charge is 0.394 e. The molecule has 0 aliphatic carbocycles. The average Bonchev–Trinajstić information content (AvgIpc) is 2.52. The van der Waals surface area contributed by atoms with Gasteiger partial charge in [0.15, 0.2) is 0 Å². The fourth-order valence-electron chi connectivity index (χ4n) is 2.08. The quantitative estimate of drug-likeness (QED) is 0.831. The van der Waals surface area contributed by atoms with Crippen molar-refractivity contribution in [2.75, 3.05) is 38.2 Å². The molecule has 2 N–H and O–H groups in total. The summed E-state index contributed by atoms with van der Waals surface area (Å²) in [7, 11) is 0. The molecule has 20 heavy (non-hydrogen) atoms. The van der Waals surface area contributed by atoms with Gasteiger partial charge in [0, 0.05) is 19.6 Å². The van der Waals surface area contributed by atoms with E-state index in [0.29, 0.717) is 31.2 Å². The van der Waals surface area contributed by atoms with Gasteiger partial charge in [-0.25, -0.2) is 4.98 Å². The molecule has 1 unspecified atom stereocenters. The van der Waals surface area contributed by atoms with Crippen LogP contribution in [0.1, 0.15) is 23.8 Å². The van der Waals surface area contributed by atoms with E-state index >= 15 is 0 Å². The van der Waals surface area contributed by atoms with E-state index in [0.717, 1.165) is 13.0 Å². The Bertz CT molecular complexity index is 453. The van der Waals surface area contributed by atoms with E-state index in [9.17, 15) is 4.79 Å². The van der Waals surface area contributed by atoms with Crippen LogP contribution in [0.2, 0.25) is 0 Å². The van der Waals surface area contributed by atoms with Crippen molar-refractivity contribution in [1.29, 1.82) is 0 Å². The fraction of sp³-hybridized carbons (Fsp3) is 0.571. The highest BCUT2D eigenvalue weighted by Crippen LogP contribution is 2.11. The van der Waals surface area contributed by atoms with Crippen LogP contribution >= 0.6 is 0 Å². The Morgan fingerprint density at radius 1 is 1.60 bits per heavy atom. The van der Waals surface area contributed by atoms with Crippen molar-refractivity contribution in [3.8, 4) is 0 Å². The molecule has 1 atom stereocenters. The number of hydrogen-bond acceptors (Lipinski definition) is 5. The number of ether oxygens (including phenoxy) is 1. The van der Waals surface area contributed by atoms with Crippen molar-refractivity contribution in [3.63, 3.8) is 0 Å². The van der Waals surface area contributed by atoms with Gasteiger partial charge in [-0.3, -0.25) is 4.79 Å². The van der Waals surface area contributed by atoms with Crippen molar-refractivity contribution in [2.24, 2.45) is 0 Å². The van der Waals surface area contributed by atoms with E-state index < -0.39 is 0 Å². The standard InChI is InChI=1S/C14H21N3O3/c1-2-6-15-13-5-3-4-12(16-13)14(19)17-7-8-20-11(9-17)10-18/h3-5,11,18H,2,6-10H2,1H3,(H,15,16). The molecule has 0 spiro atoms. The van der Waals surface area contributed by atoms with Crippen molar-refractivity contribution in [2.45, 2.75) is 19.4 Å².